The van der Waals surface area contributed by atoms with E-state index in [9.17, 15) is 15.2 Å². The zero-order valence-electron chi connectivity index (χ0n) is 16.0. The lowest BCUT2D eigenvalue weighted by atomic mass is 9.40. The van der Waals surface area contributed by atoms with Crippen LogP contribution in [0, 0.1) is 39.4 Å². The first-order valence-electron chi connectivity index (χ1n) is 9.56. The van der Waals surface area contributed by atoms with Crippen LogP contribution in [0.5, 0.6) is 0 Å². The smallest absolute Gasteiger partial charge is 0.309 e. The Labute approximate surface area is 151 Å². The molecule has 6 atom stereocenters. The number of methoxy groups -OCH3 is 1. The minimum atomic E-state index is -0.651. The Bertz CT molecular complexity index is 636. The number of carboxylic acid groups (broad SMARTS) is 1. The fourth-order valence-electron chi connectivity index (χ4n) is 6.79. The number of ether oxygens (including phenoxy) is 1. The SMILES string of the molecule is CO[C@H]1C[C@H]2[C@@](CC#N)(C=C1C)CC[C@@H]1[C@@]2(C)CCC[C@@]1(C)C(=O)O. The standard InChI is InChI=1S/C21H31NO3/c1-14-13-21(10-11-22)9-6-16-19(2,17(21)12-15(14)25-4)7-5-8-20(16,3)18(23)24/h13,15-17H,5-10,12H2,1-4H3,(H,23,24)/t15-,16+,17+,19+,20+,21-/m0/s1. The van der Waals surface area contributed by atoms with Gasteiger partial charge in [-0.1, -0.05) is 19.4 Å². The van der Waals surface area contributed by atoms with Crippen molar-refractivity contribution in [2.45, 2.75) is 71.8 Å². The molecule has 2 saturated carbocycles. The summed E-state index contributed by atoms with van der Waals surface area (Å²) in [5, 5.41) is 19.5. The molecule has 138 valence electrons. The predicted molar refractivity (Wildman–Crippen MR) is 95.7 cm³/mol. The summed E-state index contributed by atoms with van der Waals surface area (Å²) in [5.74, 6) is -0.166. The van der Waals surface area contributed by atoms with Crippen LogP contribution < -0.4 is 0 Å². The zero-order chi connectivity index (χ0) is 18.5. The summed E-state index contributed by atoms with van der Waals surface area (Å²) < 4.78 is 5.73. The van der Waals surface area contributed by atoms with Gasteiger partial charge in [-0.3, -0.25) is 4.79 Å². The van der Waals surface area contributed by atoms with Gasteiger partial charge in [-0.2, -0.15) is 5.26 Å². The topological polar surface area (TPSA) is 70.3 Å². The van der Waals surface area contributed by atoms with Gasteiger partial charge in [0.1, 0.15) is 0 Å². The van der Waals surface area contributed by atoms with Gasteiger partial charge in [0.05, 0.1) is 17.6 Å². The first-order valence-corrected chi connectivity index (χ1v) is 9.56. The Hall–Kier alpha value is -1.34. The molecule has 3 aliphatic rings. The van der Waals surface area contributed by atoms with Crippen molar-refractivity contribution in [2.75, 3.05) is 7.11 Å². The Morgan fingerprint density at radius 3 is 2.68 bits per heavy atom. The number of carbonyl (C=O) groups is 1. The van der Waals surface area contributed by atoms with Crippen LogP contribution in [0.4, 0.5) is 0 Å². The number of carboxylic acids is 1. The van der Waals surface area contributed by atoms with Gasteiger partial charge in [0, 0.05) is 18.9 Å². The van der Waals surface area contributed by atoms with Crippen molar-refractivity contribution in [1.82, 2.24) is 0 Å². The molecule has 0 aliphatic heterocycles. The van der Waals surface area contributed by atoms with E-state index < -0.39 is 11.4 Å². The molecule has 0 aromatic carbocycles. The summed E-state index contributed by atoms with van der Waals surface area (Å²) in [6, 6.07) is 2.44. The van der Waals surface area contributed by atoms with Gasteiger partial charge in [-0.25, -0.2) is 0 Å². The van der Waals surface area contributed by atoms with E-state index >= 15 is 0 Å². The van der Waals surface area contributed by atoms with E-state index in [1.54, 1.807) is 7.11 Å². The first kappa shape index (κ1) is 18.5. The summed E-state index contributed by atoms with van der Waals surface area (Å²) >= 11 is 0. The number of rotatable bonds is 3. The van der Waals surface area contributed by atoms with Crippen molar-refractivity contribution in [1.29, 1.82) is 5.26 Å². The first-order chi connectivity index (χ1) is 11.7. The highest BCUT2D eigenvalue weighted by molar-refractivity contribution is 5.75. The van der Waals surface area contributed by atoms with Crippen LogP contribution in [0.25, 0.3) is 0 Å². The Kier molecular flexibility index (Phi) is 4.52. The third-order valence-corrected chi connectivity index (χ3v) is 8.02. The third-order valence-electron chi connectivity index (χ3n) is 8.02. The van der Waals surface area contributed by atoms with Crippen LogP contribution >= 0.6 is 0 Å². The summed E-state index contributed by atoms with van der Waals surface area (Å²) in [5.41, 5.74) is 0.419. The number of hydrogen-bond donors (Lipinski definition) is 1. The van der Waals surface area contributed by atoms with Crippen molar-refractivity contribution < 1.29 is 14.6 Å². The summed E-state index contributed by atoms with van der Waals surface area (Å²) in [4.78, 5) is 12.1. The summed E-state index contributed by atoms with van der Waals surface area (Å²) in [6.07, 6.45) is 8.43. The van der Waals surface area contributed by atoms with Crippen LogP contribution in [0.3, 0.4) is 0 Å². The number of hydrogen-bond acceptors (Lipinski definition) is 3. The molecule has 4 heteroatoms. The normalized spacial score (nSPS) is 46.4. The minimum absolute atomic E-state index is 0.0472. The van der Waals surface area contributed by atoms with Crippen molar-refractivity contribution in [3.8, 4) is 6.07 Å². The second-order valence-electron chi connectivity index (χ2n) is 9.14. The van der Waals surface area contributed by atoms with E-state index in [2.05, 4.69) is 26.0 Å². The lowest BCUT2D eigenvalue weighted by Crippen LogP contribution is -2.59. The maximum absolute atomic E-state index is 12.1. The Morgan fingerprint density at radius 2 is 2.08 bits per heavy atom. The fraction of sp³-hybridized carbons (Fsp3) is 0.810. The van der Waals surface area contributed by atoms with Crippen LogP contribution in [0.2, 0.25) is 0 Å². The molecule has 0 spiro atoms. The molecule has 3 aliphatic carbocycles. The molecule has 0 amide bonds. The number of aliphatic carboxylic acids is 1. The van der Waals surface area contributed by atoms with E-state index in [4.69, 9.17) is 4.74 Å². The minimum Gasteiger partial charge on any atom is -0.481 e. The Morgan fingerprint density at radius 1 is 1.36 bits per heavy atom. The van der Waals surface area contributed by atoms with Crippen LogP contribution in [-0.4, -0.2) is 24.3 Å². The molecule has 0 aromatic heterocycles. The van der Waals surface area contributed by atoms with Crippen molar-refractivity contribution >= 4 is 5.97 Å². The molecule has 0 bridgehead atoms. The maximum atomic E-state index is 12.1. The van der Waals surface area contributed by atoms with Gasteiger partial charge >= 0.3 is 5.97 Å². The zero-order valence-corrected chi connectivity index (χ0v) is 16.0. The van der Waals surface area contributed by atoms with E-state index in [0.717, 1.165) is 38.5 Å². The molecule has 3 rings (SSSR count). The molecule has 2 fully saturated rings. The van der Waals surface area contributed by atoms with Crippen molar-refractivity contribution in [2.24, 2.45) is 28.1 Å². The average molecular weight is 345 g/mol. The molecular weight excluding hydrogens is 314 g/mol. The fourth-order valence-corrected chi connectivity index (χ4v) is 6.79. The van der Waals surface area contributed by atoms with Gasteiger partial charge in [0.25, 0.3) is 0 Å². The number of fused-ring (bicyclic) bond motifs is 3. The van der Waals surface area contributed by atoms with Gasteiger partial charge < -0.3 is 9.84 Å². The lowest BCUT2D eigenvalue weighted by Gasteiger charge is -2.63. The van der Waals surface area contributed by atoms with Crippen molar-refractivity contribution in [3.05, 3.63) is 11.6 Å². The monoisotopic (exact) mass is 345 g/mol. The van der Waals surface area contributed by atoms with E-state index in [0.29, 0.717) is 12.3 Å². The van der Waals surface area contributed by atoms with Gasteiger partial charge in [0.15, 0.2) is 0 Å². The average Bonchev–Trinajstić information content (AvgIpc) is 2.54. The maximum Gasteiger partial charge on any atom is 0.309 e. The van der Waals surface area contributed by atoms with Crippen LogP contribution in [0.1, 0.15) is 65.7 Å². The number of nitriles is 1. The van der Waals surface area contributed by atoms with Gasteiger partial charge in [-0.15, -0.1) is 0 Å². The molecule has 0 aromatic rings. The van der Waals surface area contributed by atoms with Crippen molar-refractivity contribution in [3.63, 3.8) is 0 Å². The largest absolute Gasteiger partial charge is 0.481 e. The second-order valence-corrected chi connectivity index (χ2v) is 9.14. The van der Waals surface area contributed by atoms with Gasteiger partial charge in [0.2, 0.25) is 0 Å². The molecule has 0 saturated heterocycles. The molecule has 0 unspecified atom stereocenters. The highest BCUT2D eigenvalue weighted by Gasteiger charge is 2.63. The number of nitrogens with zero attached hydrogens (tertiary/aromatic N) is 1. The predicted octanol–water partition coefficient (Wildman–Crippen LogP) is 4.56. The lowest BCUT2D eigenvalue weighted by molar-refractivity contribution is -0.177. The second kappa shape index (κ2) is 6.13. The molecule has 1 N–H and O–H groups in total. The molecule has 4 nitrogen and oxygen atoms in total. The van der Waals surface area contributed by atoms with Crippen LogP contribution in [0.15, 0.2) is 11.6 Å². The molecule has 0 heterocycles. The van der Waals surface area contributed by atoms with Crippen LogP contribution in [-0.2, 0) is 9.53 Å². The van der Waals surface area contributed by atoms with E-state index in [-0.39, 0.29) is 22.9 Å². The molecule has 0 radical (unpaired) electrons. The van der Waals surface area contributed by atoms with E-state index in [1.807, 2.05) is 6.92 Å². The number of allylic oxidation sites excluding steroid dienone is 1. The highest BCUT2D eigenvalue weighted by atomic mass is 16.5. The Balaban J connectivity index is 2.09. The quantitative estimate of drug-likeness (QED) is 0.761. The van der Waals surface area contributed by atoms with E-state index in [1.165, 1.54) is 5.57 Å². The molecule has 25 heavy (non-hydrogen) atoms. The third kappa shape index (κ3) is 2.54. The highest BCUT2D eigenvalue weighted by Crippen LogP contribution is 2.67. The van der Waals surface area contributed by atoms with Gasteiger partial charge in [-0.05, 0) is 68.8 Å². The summed E-state index contributed by atoms with van der Waals surface area (Å²) in [6.45, 7) is 6.36. The summed E-state index contributed by atoms with van der Waals surface area (Å²) in [7, 11) is 1.75. The molecular formula is C21H31NO3.